The van der Waals surface area contributed by atoms with Gasteiger partial charge in [0.25, 0.3) is 0 Å². The van der Waals surface area contributed by atoms with Gasteiger partial charge < -0.3 is 10.6 Å². The largest absolute Gasteiger partial charge is 0.327 e. The third-order valence-corrected chi connectivity index (χ3v) is 3.81. The molecule has 1 aromatic rings. The maximum Gasteiger partial charge on any atom is 0.231 e. The van der Waals surface area contributed by atoms with Crippen molar-refractivity contribution < 1.29 is 4.79 Å². The van der Waals surface area contributed by atoms with Crippen LogP contribution in [0.4, 0.5) is 5.69 Å². The fraction of sp³-hybridized carbons (Fsp3) is 0.533. The Balaban J connectivity index is 2.17. The summed E-state index contributed by atoms with van der Waals surface area (Å²) in [5, 5.41) is 0. The van der Waals surface area contributed by atoms with E-state index in [1.165, 1.54) is 5.56 Å². The second kappa shape index (κ2) is 5.53. The molecule has 0 radical (unpaired) electrons. The smallest absolute Gasteiger partial charge is 0.231 e. The van der Waals surface area contributed by atoms with Gasteiger partial charge in [-0.2, -0.15) is 0 Å². The molecular weight excluding hydrogens is 224 g/mol. The molecule has 2 atom stereocenters. The first kappa shape index (κ1) is 13.1. The minimum atomic E-state index is 0.00579. The molecule has 1 aliphatic rings. The standard InChI is InChI=1S/C15H22N2O/c1-3-17(12-9-7-11(2)8-10-12)15(18)13-5-4-6-14(13)16/h7-10,13-14H,3-6,16H2,1-2H3. The lowest BCUT2D eigenvalue weighted by Crippen LogP contribution is -2.41. The number of amides is 1. The summed E-state index contributed by atoms with van der Waals surface area (Å²) in [6.45, 7) is 4.76. The van der Waals surface area contributed by atoms with E-state index in [0.29, 0.717) is 6.54 Å². The number of carbonyl (C=O) groups excluding carboxylic acids is 1. The Bertz CT molecular complexity index is 413. The van der Waals surface area contributed by atoms with Crippen molar-refractivity contribution in [3.05, 3.63) is 29.8 Å². The van der Waals surface area contributed by atoms with Gasteiger partial charge in [0, 0.05) is 18.3 Å². The molecular formula is C15H22N2O. The number of rotatable bonds is 3. The van der Waals surface area contributed by atoms with Crippen molar-refractivity contribution in [2.75, 3.05) is 11.4 Å². The average Bonchev–Trinajstić information content (AvgIpc) is 2.78. The first-order chi connectivity index (χ1) is 8.63. The highest BCUT2D eigenvalue weighted by atomic mass is 16.2. The van der Waals surface area contributed by atoms with E-state index in [1.807, 2.05) is 36.1 Å². The number of hydrogen-bond donors (Lipinski definition) is 1. The van der Waals surface area contributed by atoms with Crippen LogP contribution in [0.5, 0.6) is 0 Å². The Morgan fingerprint density at radius 1 is 1.33 bits per heavy atom. The first-order valence-corrected chi connectivity index (χ1v) is 6.77. The van der Waals surface area contributed by atoms with Crippen molar-refractivity contribution >= 4 is 11.6 Å². The number of nitrogens with two attached hydrogens (primary N) is 1. The van der Waals surface area contributed by atoms with Gasteiger partial charge in [0.15, 0.2) is 0 Å². The summed E-state index contributed by atoms with van der Waals surface area (Å²) >= 11 is 0. The summed E-state index contributed by atoms with van der Waals surface area (Å²) in [4.78, 5) is 14.4. The van der Waals surface area contributed by atoms with Gasteiger partial charge in [-0.1, -0.05) is 24.1 Å². The summed E-state index contributed by atoms with van der Waals surface area (Å²) in [5.41, 5.74) is 8.21. The van der Waals surface area contributed by atoms with Gasteiger partial charge in [-0.15, -0.1) is 0 Å². The molecule has 18 heavy (non-hydrogen) atoms. The van der Waals surface area contributed by atoms with Crippen LogP contribution in [0.3, 0.4) is 0 Å². The SMILES string of the molecule is CCN(C(=O)C1CCCC1N)c1ccc(C)cc1. The second-order valence-electron chi connectivity index (χ2n) is 5.12. The van der Waals surface area contributed by atoms with E-state index in [2.05, 4.69) is 6.92 Å². The summed E-state index contributed by atoms with van der Waals surface area (Å²) in [5.74, 6) is 0.192. The molecule has 2 unspecified atom stereocenters. The molecule has 0 heterocycles. The number of carbonyl (C=O) groups is 1. The molecule has 3 nitrogen and oxygen atoms in total. The fourth-order valence-electron chi connectivity index (χ4n) is 2.69. The van der Waals surface area contributed by atoms with Gasteiger partial charge in [0.2, 0.25) is 5.91 Å². The quantitative estimate of drug-likeness (QED) is 0.890. The maximum absolute atomic E-state index is 12.5. The zero-order valence-corrected chi connectivity index (χ0v) is 11.2. The van der Waals surface area contributed by atoms with Crippen LogP contribution in [0, 0.1) is 12.8 Å². The van der Waals surface area contributed by atoms with Crippen LogP contribution in [0.15, 0.2) is 24.3 Å². The molecule has 0 bridgehead atoms. The van der Waals surface area contributed by atoms with Crippen molar-refractivity contribution in [2.24, 2.45) is 11.7 Å². The van der Waals surface area contributed by atoms with Crippen LogP contribution in [0.2, 0.25) is 0 Å². The lowest BCUT2D eigenvalue weighted by Gasteiger charge is -2.26. The summed E-state index contributed by atoms with van der Waals surface area (Å²) < 4.78 is 0. The lowest BCUT2D eigenvalue weighted by atomic mass is 10.0. The van der Waals surface area contributed by atoms with Crippen molar-refractivity contribution in [1.82, 2.24) is 0 Å². The van der Waals surface area contributed by atoms with Gasteiger partial charge in [-0.25, -0.2) is 0 Å². The van der Waals surface area contributed by atoms with Crippen LogP contribution in [0.1, 0.15) is 31.7 Å². The number of anilines is 1. The third-order valence-electron chi connectivity index (χ3n) is 3.81. The van der Waals surface area contributed by atoms with Crippen molar-refractivity contribution in [3.63, 3.8) is 0 Å². The Morgan fingerprint density at radius 2 is 2.00 bits per heavy atom. The molecule has 1 aromatic carbocycles. The molecule has 1 amide bonds. The van der Waals surface area contributed by atoms with Crippen molar-refractivity contribution in [3.8, 4) is 0 Å². The summed E-state index contributed by atoms with van der Waals surface area (Å²) in [6, 6.07) is 8.14. The van der Waals surface area contributed by atoms with Crippen LogP contribution < -0.4 is 10.6 Å². The Morgan fingerprint density at radius 3 is 2.50 bits per heavy atom. The molecule has 98 valence electrons. The van der Waals surface area contributed by atoms with Gasteiger partial charge in [0.1, 0.15) is 0 Å². The van der Waals surface area contributed by atoms with Gasteiger partial charge in [-0.05, 0) is 38.8 Å². The third kappa shape index (κ3) is 2.56. The predicted molar refractivity (Wildman–Crippen MR) is 74.5 cm³/mol. The van der Waals surface area contributed by atoms with Gasteiger partial charge >= 0.3 is 0 Å². The molecule has 3 heteroatoms. The Labute approximate surface area is 109 Å². The molecule has 0 aromatic heterocycles. The lowest BCUT2D eigenvalue weighted by molar-refractivity contribution is -0.122. The minimum absolute atomic E-state index is 0.00579. The molecule has 1 fully saturated rings. The monoisotopic (exact) mass is 246 g/mol. The zero-order chi connectivity index (χ0) is 13.1. The fourth-order valence-corrected chi connectivity index (χ4v) is 2.69. The predicted octanol–water partition coefficient (Wildman–Crippen LogP) is 2.48. The Kier molecular flexibility index (Phi) is 4.02. The van der Waals surface area contributed by atoms with Crippen LogP contribution >= 0.6 is 0 Å². The summed E-state index contributed by atoms with van der Waals surface area (Å²) in [6.07, 6.45) is 2.98. The first-order valence-electron chi connectivity index (χ1n) is 6.77. The van der Waals surface area contributed by atoms with Crippen LogP contribution in [-0.4, -0.2) is 18.5 Å². The Hall–Kier alpha value is -1.35. The molecule has 2 N–H and O–H groups in total. The van der Waals surface area contributed by atoms with E-state index >= 15 is 0 Å². The van der Waals surface area contributed by atoms with E-state index in [9.17, 15) is 4.79 Å². The molecule has 1 aliphatic carbocycles. The molecule has 0 aliphatic heterocycles. The normalized spacial score (nSPS) is 23.1. The van der Waals surface area contributed by atoms with E-state index in [4.69, 9.17) is 5.73 Å². The van der Waals surface area contributed by atoms with Crippen molar-refractivity contribution in [2.45, 2.75) is 39.2 Å². The van der Waals surface area contributed by atoms with Crippen molar-refractivity contribution in [1.29, 1.82) is 0 Å². The number of aryl methyl sites for hydroxylation is 1. The van der Waals surface area contributed by atoms with Gasteiger partial charge in [-0.3, -0.25) is 4.79 Å². The van der Waals surface area contributed by atoms with Crippen LogP contribution in [-0.2, 0) is 4.79 Å². The highest BCUT2D eigenvalue weighted by molar-refractivity contribution is 5.95. The van der Waals surface area contributed by atoms with E-state index in [1.54, 1.807) is 0 Å². The molecule has 2 rings (SSSR count). The second-order valence-corrected chi connectivity index (χ2v) is 5.12. The van der Waals surface area contributed by atoms with E-state index < -0.39 is 0 Å². The molecule has 0 spiro atoms. The minimum Gasteiger partial charge on any atom is -0.327 e. The maximum atomic E-state index is 12.5. The highest BCUT2D eigenvalue weighted by Crippen LogP contribution is 2.28. The van der Waals surface area contributed by atoms with Gasteiger partial charge in [0.05, 0.1) is 5.92 Å². The van der Waals surface area contributed by atoms with E-state index in [-0.39, 0.29) is 17.9 Å². The van der Waals surface area contributed by atoms with E-state index in [0.717, 1.165) is 24.9 Å². The average molecular weight is 246 g/mol. The molecule has 0 saturated heterocycles. The zero-order valence-electron chi connectivity index (χ0n) is 11.2. The number of nitrogens with zero attached hydrogens (tertiary/aromatic N) is 1. The topological polar surface area (TPSA) is 46.3 Å². The highest BCUT2D eigenvalue weighted by Gasteiger charge is 2.33. The van der Waals surface area contributed by atoms with Crippen LogP contribution in [0.25, 0.3) is 0 Å². The number of benzene rings is 1. The molecule has 1 saturated carbocycles. The summed E-state index contributed by atoms with van der Waals surface area (Å²) in [7, 11) is 0. The number of hydrogen-bond acceptors (Lipinski definition) is 2.